The van der Waals surface area contributed by atoms with Crippen molar-refractivity contribution in [2.24, 2.45) is 11.3 Å². The molecule has 1 aliphatic carbocycles. The van der Waals surface area contributed by atoms with Crippen LogP contribution < -0.4 is 15.4 Å². The average Bonchev–Trinajstić information content (AvgIpc) is 3.22. The highest BCUT2D eigenvalue weighted by Gasteiger charge is 2.57. The van der Waals surface area contributed by atoms with Crippen LogP contribution in [0.5, 0.6) is 5.75 Å². The molecule has 2 N–H and O–H groups in total. The number of amides is 1. The quantitative estimate of drug-likeness (QED) is 0.769. The van der Waals surface area contributed by atoms with Gasteiger partial charge in [0.2, 0.25) is 5.91 Å². The molecule has 4 nitrogen and oxygen atoms in total. The molecule has 1 aliphatic heterocycles. The van der Waals surface area contributed by atoms with Gasteiger partial charge in [0.15, 0.2) is 0 Å². The zero-order valence-electron chi connectivity index (χ0n) is 13.0. The molecule has 0 radical (unpaired) electrons. The van der Waals surface area contributed by atoms with E-state index in [0.29, 0.717) is 34.4 Å². The fraction of sp³-hybridized carbons (Fsp3) is 0.588. The van der Waals surface area contributed by atoms with Gasteiger partial charge >= 0.3 is 0 Å². The van der Waals surface area contributed by atoms with E-state index in [1.54, 1.807) is 18.2 Å². The van der Waals surface area contributed by atoms with Crippen LogP contribution in [0.4, 0.5) is 0 Å². The monoisotopic (exact) mass is 356 g/mol. The Morgan fingerprint density at radius 2 is 2.13 bits per heavy atom. The second-order valence-corrected chi connectivity index (χ2v) is 7.28. The van der Waals surface area contributed by atoms with E-state index >= 15 is 0 Å². The number of rotatable bonds is 6. The fourth-order valence-electron chi connectivity index (χ4n) is 3.38. The Kier molecular flexibility index (Phi) is 5.34. The molecule has 1 spiro atoms. The zero-order chi connectivity index (χ0) is 16.3. The van der Waals surface area contributed by atoms with E-state index in [1.807, 2.05) is 0 Å². The van der Waals surface area contributed by atoms with Gasteiger partial charge < -0.3 is 15.4 Å². The van der Waals surface area contributed by atoms with Gasteiger partial charge in [-0.3, -0.25) is 4.79 Å². The lowest BCUT2D eigenvalue weighted by molar-refractivity contribution is -0.123. The lowest BCUT2D eigenvalue weighted by Crippen LogP contribution is -2.34. The minimum absolute atomic E-state index is 0.205. The minimum Gasteiger partial charge on any atom is -0.492 e. The average molecular weight is 357 g/mol. The highest BCUT2D eigenvalue weighted by molar-refractivity contribution is 6.35. The van der Waals surface area contributed by atoms with E-state index < -0.39 is 0 Å². The van der Waals surface area contributed by atoms with Crippen LogP contribution in [0.25, 0.3) is 0 Å². The van der Waals surface area contributed by atoms with E-state index in [0.717, 1.165) is 38.8 Å². The first kappa shape index (κ1) is 16.9. The lowest BCUT2D eigenvalue weighted by Gasteiger charge is -2.23. The molecule has 1 saturated heterocycles. The van der Waals surface area contributed by atoms with Gasteiger partial charge in [0.05, 0.1) is 11.6 Å². The third kappa shape index (κ3) is 4.11. The Labute approximate surface area is 146 Å². The van der Waals surface area contributed by atoms with E-state index in [4.69, 9.17) is 27.9 Å². The van der Waals surface area contributed by atoms with Crippen LogP contribution in [0.2, 0.25) is 10.0 Å². The van der Waals surface area contributed by atoms with Crippen LogP contribution in [-0.2, 0) is 4.79 Å². The molecule has 1 aromatic rings. The molecule has 1 unspecified atom stereocenters. The highest BCUT2D eigenvalue weighted by Crippen LogP contribution is 2.58. The Morgan fingerprint density at radius 3 is 2.87 bits per heavy atom. The number of halogens is 2. The lowest BCUT2D eigenvalue weighted by atomic mass is 9.92. The fourth-order valence-corrected chi connectivity index (χ4v) is 3.84. The molecular formula is C17H22Cl2N2O2. The number of hydrogen-bond acceptors (Lipinski definition) is 3. The molecule has 0 aromatic heterocycles. The number of ether oxygens (including phenoxy) is 1. The van der Waals surface area contributed by atoms with Gasteiger partial charge in [0.1, 0.15) is 5.75 Å². The molecule has 2 aliphatic rings. The smallest absolute Gasteiger partial charge is 0.223 e. The van der Waals surface area contributed by atoms with Crippen molar-refractivity contribution in [3.63, 3.8) is 0 Å². The largest absolute Gasteiger partial charge is 0.492 e. The predicted molar refractivity (Wildman–Crippen MR) is 92.2 cm³/mol. The first-order chi connectivity index (χ1) is 11.1. The summed E-state index contributed by atoms with van der Waals surface area (Å²) in [6.07, 6.45) is 4.07. The summed E-state index contributed by atoms with van der Waals surface area (Å²) in [5.41, 5.74) is 0.294. The molecule has 1 amide bonds. The van der Waals surface area contributed by atoms with Crippen molar-refractivity contribution in [2.45, 2.75) is 25.7 Å². The predicted octanol–water partition coefficient (Wildman–Crippen LogP) is 3.27. The summed E-state index contributed by atoms with van der Waals surface area (Å²) in [5, 5.41) is 7.48. The van der Waals surface area contributed by atoms with Crippen LogP contribution in [0, 0.1) is 11.3 Å². The number of carbonyl (C=O) groups is 1. The highest BCUT2D eigenvalue weighted by atomic mass is 35.5. The van der Waals surface area contributed by atoms with Crippen LogP contribution in [0.3, 0.4) is 0 Å². The summed E-state index contributed by atoms with van der Waals surface area (Å²) in [6, 6.07) is 5.16. The molecule has 1 heterocycles. The Bertz CT molecular complexity index is 574. The van der Waals surface area contributed by atoms with Crippen molar-refractivity contribution in [1.82, 2.24) is 10.6 Å². The van der Waals surface area contributed by atoms with Gasteiger partial charge in [-0.15, -0.1) is 0 Å². The number of nitrogens with one attached hydrogen (secondary N) is 2. The molecule has 126 valence electrons. The SMILES string of the molecule is O=C(NCCCOc1ccc(Cl)cc1Cl)C1CC12CCNCC2. The summed E-state index contributed by atoms with van der Waals surface area (Å²) in [6.45, 7) is 3.23. The number of hydrogen-bond donors (Lipinski definition) is 2. The maximum Gasteiger partial charge on any atom is 0.223 e. The summed E-state index contributed by atoms with van der Waals surface area (Å²) >= 11 is 11.9. The van der Waals surface area contributed by atoms with Crippen LogP contribution in [-0.4, -0.2) is 32.1 Å². The van der Waals surface area contributed by atoms with Gasteiger partial charge in [-0.05, 0) is 62.4 Å². The summed E-state index contributed by atoms with van der Waals surface area (Å²) < 4.78 is 5.61. The summed E-state index contributed by atoms with van der Waals surface area (Å²) in [7, 11) is 0. The number of carbonyl (C=O) groups excluding carboxylic acids is 1. The van der Waals surface area contributed by atoms with Crippen molar-refractivity contribution in [3.8, 4) is 5.75 Å². The maximum atomic E-state index is 12.2. The topological polar surface area (TPSA) is 50.4 Å². The molecule has 2 fully saturated rings. The summed E-state index contributed by atoms with van der Waals surface area (Å²) in [4.78, 5) is 12.2. The van der Waals surface area contributed by atoms with E-state index in [-0.39, 0.29) is 11.8 Å². The van der Waals surface area contributed by atoms with E-state index in [2.05, 4.69) is 10.6 Å². The zero-order valence-corrected chi connectivity index (χ0v) is 14.6. The van der Waals surface area contributed by atoms with Crippen molar-refractivity contribution in [2.75, 3.05) is 26.2 Å². The van der Waals surface area contributed by atoms with Gasteiger partial charge in [-0.1, -0.05) is 23.2 Å². The van der Waals surface area contributed by atoms with Crippen LogP contribution in [0.1, 0.15) is 25.7 Å². The van der Waals surface area contributed by atoms with Gasteiger partial charge in [-0.25, -0.2) is 0 Å². The third-order valence-corrected chi connectivity index (χ3v) is 5.41. The Hall–Kier alpha value is -0.970. The summed E-state index contributed by atoms with van der Waals surface area (Å²) in [5.74, 6) is 1.05. The van der Waals surface area contributed by atoms with Gasteiger partial charge in [0.25, 0.3) is 0 Å². The van der Waals surface area contributed by atoms with Crippen molar-refractivity contribution < 1.29 is 9.53 Å². The molecule has 23 heavy (non-hydrogen) atoms. The normalized spacial score (nSPS) is 21.9. The molecule has 0 bridgehead atoms. The standard InChI is InChI=1S/C17H22Cl2N2O2/c18-12-2-3-15(14(19)10-12)23-9-1-6-21-16(22)13-11-17(13)4-7-20-8-5-17/h2-3,10,13,20H,1,4-9,11H2,(H,21,22). The first-order valence-corrected chi connectivity index (χ1v) is 8.93. The molecule has 6 heteroatoms. The van der Waals surface area contributed by atoms with Crippen LogP contribution >= 0.6 is 23.2 Å². The first-order valence-electron chi connectivity index (χ1n) is 8.17. The van der Waals surface area contributed by atoms with Crippen molar-refractivity contribution >= 4 is 29.1 Å². The molecular weight excluding hydrogens is 335 g/mol. The van der Waals surface area contributed by atoms with Crippen LogP contribution in [0.15, 0.2) is 18.2 Å². The van der Waals surface area contributed by atoms with Crippen molar-refractivity contribution in [3.05, 3.63) is 28.2 Å². The second-order valence-electron chi connectivity index (χ2n) is 6.44. The Balaban J connectivity index is 1.33. The second kappa shape index (κ2) is 7.29. The van der Waals surface area contributed by atoms with Gasteiger partial charge in [0, 0.05) is 17.5 Å². The molecule has 1 atom stereocenters. The molecule has 1 aromatic carbocycles. The minimum atomic E-state index is 0.205. The molecule has 1 saturated carbocycles. The molecule has 3 rings (SSSR count). The third-order valence-electron chi connectivity index (χ3n) is 4.88. The Morgan fingerprint density at radius 1 is 1.35 bits per heavy atom. The number of benzene rings is 1. The number of piperidine rings is 1. The maximum absolute atomic E-state index is 12.2. The van der Waals surface area contributed by atoms with Crippen molar-refractivity contribution in [1.29, 1.82) is 0 Å². The van der Waals surface area contributed by atoms with Gasteiger partial charge in [-0.2, -0.15) is 0 Å². The van der Waals surface area contributed by atoms with E-state index in [1.165, 1.54) is 0 Å². The van der Waals surface area contributed by atoms with E-state index in [9.17, 15) is 4.79 Å².